The van der Waals surface area contributed by atoms with Gasteiger partial charge < -0.3 is 11.1 Å². The SMILES string of the molecule is Cc1ccccc1C(=O)NCC(C)(C)C(N)=S. The van der Waals surface area contributed by atoms with Crippen molar-refractivity contribution in [2.45, 2.75) is 20.8 Å². The molecule has 17 heavy (non-hydrogen) atoms. The zero-order valence-electron chi connectivity index (χ0n) is 10.4. The largest absolute Gasteiger partial charge is 0.393 e. The van der Waals surface area contributed by atoms with E-state index in [1.807, 2.05) is 39.0 Å². The summed E-state index contributed by atoms with van der Waals surface area (Å²) in [4.78, 5) is 12.3. The lowest BCUT2D eigenvalue weighted by atomic mass is 9.93. The maximum atomic E-state index is 11.9. The lowest BCUT2D eigenvalue weighted by Crippen LogP contribution is -2.41. The van der Waals surface area contributed by atoms with Crippen molar-refractivity contribution in [3.63, 3.8) is 0 Å². The fraction of sp³-hybridized carbons (Fsp3) is 0.385. The van der Waals surface area contributed by atoms with Crippen molar-refractivity contribution in [3.05, 3.63) is 35.4 Å². The summed E-state index contributed by atoms with van der Waals surface area (Å²) in [6.45, 7) is 6.17. The number of hydrogen-bond donors (Lipinski definition) is 2. The predicted molar refractivity (Wildman–Crippen MR) is 74.1 cm³/mol. The minimum atomic E-state index is -0.367. The molecule has 1 aromatic carbocycles. The molecule has 3 N–H and O–H groups in total. The van der Waals surface area contributed by atoms with Gasteiger partial charge in [0.05, 0.1) is 4.99 Å². The Labute approximate surface area is 107 Å². The molecule has 0 aliphatic carbocycles. The Morgan fingerprint density at radius 3 is 2.53 bits per heavy atom. The van der Waals surface area contributed by atoms with Crippen LogP contribution in [0, 0.1) is 12.3 Å². The molecular formula is C13H18N2OS. The highest BCUT2D eigenvalue weighted by Crippen LogP contribution is 2.14. The summed E-state index contributed by atoms with van der Waals surface area (Å²) in [6, 6.07) is 7.47. The number of carbonyl (C=O) groups excluding carboxylic acids is 1. The summed E-state index contributed by atoms with van der Waals surface area (Å²) in [6.07, 6.45) is 0. The Morgan fingerprint density at radius 1 is 1.41 bits per heavy atom. The van der Waals surface area contributed by atoms with Crippen LogP contribution in [0.3, 0.4) is 0 Å². The van der Waals surface area contributed by atoms with Gasteiger partial charge in [-0.15, -0.1) is 0 Å². The molecule has 0 spiro atoms. The first kappa shape index (κ1) is 13.6. The standard InChI is InChI=1S/C13H18N2OS/c1-9-6-4-5-7-10(9)11(16)15-8-13(2,3)12(14)17/h4-7H,8H2,1-3H3,(H2,14,17)(H,15,16). The average Bonchev–Trinajstić information content (AvgIpc) is 2.26. The molecule has 4 heteroatoms. The third-order valence-corrected chi connectivity index (χ3v) is 3.30. The van der Waals surface area contributed by atoms with Crippen LogP contribution < -0.4 is 11.1 Å². The molecule has 92 valence electrons. The lowest BCUT2D eigenvalue weighted by molar-refractivity contribution is 0.0944. The van der Waals surface area contributed by atoms with E-state index in [0.29, 0.717) is 17.1 Å². The number of benzene rings is 1. The molecule has 1 rings (SSSR count). The maximum absolute atomic E-state index is 11.9. The first-order valence-electron chi connectivity index (χ1n) is 5.48. The topological polar surface area (TPSA) is 55.1 Å². The molecule has 3 nitrogen and oxygen atoms in total. The Bertz CT molecular complexity index is 441. The van der Waals surface area contributed by atoms with Crippen LogP contribution in [-0.2, 0) is 0 Å². The van der Waals surface area contributed by atoms with Gasteiger partial charge in [0.1, 0.15) is 0 Å². The average molecular weight is 250 g/mol. The third-order valence-electron chi connectivity index (χ3n) is 2.75. The van der Waals surface area contributed by atoms with Gasteiger partial charge in [-0.3, -0.25) is 4.79 Å². The van der Waals surface area contributed by atoms with E-state index in [0.717, 1.165) is 5.56 Å². The van der Waals surface area contributed by atoms with E-state index in [4.69, 9.17) is 18.0 Å². The normalized spacial score (nSPS) is 11.0. The second-order valence-corrected chi connectivity index (χ2v) is 5.19. The Hall–Kier alpha value is -1.42. The van der Waals surface area contributed by atoms with Gasteiger partial charge in [0.2, 0.25) is 0 Å². The molecule has 0 unspecified atom stereocenters. The number of carbonyl (C=O) groups is 1. The van der Waals surface area contributed by atoms with Crippen molar-refractivity contribution in [2.24, 2.45) is 11.1 Å². The highest BCUT2D eigenvalue weighted by molar-refractivity contribution is 7.80. The van der Waals surface area contributed by atoms with Crippen molar-refractivity contribution in [1.29, 1.82) is 0 Å². The molecule has 0 radical (unpaired) electrons. The van der Waals surface area contributed by atoms with Gasteiger partial charge in [0, 0.05) is 17.5 Å². The summed E-state index contributed by atoms with van der Waals surface area (Å²) in [7, 11) is 0. The molecule has 0 aliphatic heterocycles. The molecule has 0 saturated carbocycles. The van der Waals surface area contributed by atoms with Crippen LogP contribution in [0.15, 0.2) is 24.3 Å². The molecular weight excluding hydrogens is 232 g/mol. The first-order valence-corrected chi connectivity index (χ1v) is 5.89. The van der Waals surface area contributed by atoms with Crippen LogP contribution >= 0.6 is 12.2 Å². The quantitative estimate of drug-likeness (QED) is 0.804. The molecule has 0 atom stereocenters. The van der Waals surface area contributed by atoms with Gasteiger partial charge >= 0.3 is 0 Å². The molecule has 0 fully saturated rings. The van der Waals surface area contributed by atoms with Gasteiger partial charge in [0.15, 0.2) is 0 Å². The minimum absolute atomic E-state index is 0.0903. The number of thiocarbonyl (C=S) groups is 1. The number of amides is 1. The lowest BCUT2D eigenvalue weighted by Gasteiger charge is -2.23. The highest BCUT2D eigenvalue weighted by atomic mass is 32.1. The van der Waals surface area contributed by atoms with E-state index >= 15 is 0 Å². The second kappa shape index (κ2) is 5.27. The molecule has 0 heterocycles. The number of nitrogens with one attached hydrogen (secondary N) is 1. The van der Waals surface area contributed by atoms with Crippen molar-refractivity contribution in [3.8, 4) is 0 Å². The van der Waals surface area contributed by atoms with Gasteiger partial charge in [-0.05, 0) is 18.6 Å². The minimum Gasteiger partial charge on any atom is -0.393 e. The van der Waals surface area contributed by atoms with Crippen LogP contribution in [0.2, 0.25) is 0 Å². The molecule has 0 saturated heterocycles. The van der Waals surface area contributed by atoms with Crippen molar-refractivity contribution < 1.29 is 4.79 Å². The van der Waals surface area contributed by atoms with Crippen molar-refractivity contribution in [1.82, 2.24) is 5.32 Å². The van der Waals surface area contributed by atoms with Crippen LogP contribution in [0.25, 0.3) is 0 Å². The van der Waals surface area contributed by atoms with Crippen LogP contribution in [-0.4, -0.2) is 17.4 Å². The van der Waals surface area contributed by atoms with E-state index in [1.165, 1.54) is 0 Å². The summed E-state index contributed by atoms with van der Waals surface area (Å²) >= 11 is 4.95. The molecule has 0 aromatic heterocycles. The van der Waals surface area contributed by atoms with Crippen molar-refractivity contribution >= 4 is 23.1 Å². The Morgan fingerprint density at radius 2 is 2.00 bits per heavy atom. The van der Waals surface area contributed by atoms with Gasteiger partial charge in [-0.25, -0.2) is 0 Å². The van der Waals surface area contributed by atoms with Gasteiger partial charge in [0.25, 0.3) is 5.91 Å². The predicted octanol–water partition coefficient (Wildman–Crippen LogP) is 2.04. The number of aryl methyl sites for hydroxylation is 1. The molecule has 1 amide bonds. The Kier molecular flexibility index (Phi) is 4.23. The van der Waals surface area contributed by atoms with E-state index in [9.17, 15) is 4.79 Å². The van der Waals surface area contributed by atoms with Crippen LogP contribution in [0.4, 0.5) is 0 Å². The molecule has 1 aromatic rings. The highest BCUT2D eigenvalue weighted by Gasteiger charge is 2.22. The zero-order chi connectivity index (χ0) is 13.1. The summed E-state index contributed by atoms with van der Waals surface area (Å²) < 4.78 is 0. The Balaban J connectivity index is 2.69. The summed E-state index contributed by atoms with van der Waals surface area (Å²) in [5.74, 6) is -0.0903. The van der Waals surface area contributed by atoms with Gasteiger partial charge in [-0.2, -0.15) is 0 Å². The zero-order valence-corrected chi connectivity index (χ0v) is 11.2. The molecule has 0 aliphatic rings. The van der Waals surface area contributed by atoms with E-state index in [1.54, 1.807) is 6.07 Å². The van der Waals surface area contributed by atoms with E-state index in [-0.39, 0.29) is 11.3 Å². The number of hydrogen-bond acceptors (Lipinski definition) is 2. The fourth-order valence-electron chi connectivity index (χ4n) is 1.31. The second-order valence-electron chi connectivity index (χ2n) is 4.75. The first-order chi connectivity index (χ1) is 7.84. The number of rotatable bonds is 4. The maximum Gasteiger partial charge on any atom is 0.251 e. The third kappa shape index (κ3) is 3.53. The number of nitrogens with two attached hydrogens (primary N) is 1. The van der Waals surface area contributed by atoms with E-state index < -0.39 is 0 Å². The monoisotopic (exact) mass is 250 g/mol. The molecule has 0 bridgehead atoms. The van der Waals surface area contributed by atoms with Gasteiger partial charge in [-0.1, -0.05) is 44.3 Å². The van der Waals surface area contributed by atoms with Crippen LogP contribution in [0.5, 0.6) is 0 Å². The summed E-state index contributed by atoms with van der Waals surface area (Å²) in [5.41, 5.74) is 6.88. The smallest absolute Gasteiger partial charge is 0.251 e. The summed E-state index contributed by atoms with van der Waals surface area (Å²) in [5, 5.41) is 2.85. The van der Waals surface area contributed by atoms with E-state index in [2.05, 4.69) is 5.32 Å². The fourth-order valence-corrected chi connectivity index (χ4v) is 1.38. The van der Waals surface area contributed by atoms with Crippen LogP contribution in [0.1, 0.15) is 29.8 Å². The van der Waals surface area contributed by atoms with Crippen molar-refractivity contribution in [2.75, 3.05) is 6.54 Å².